The van der Waals surface area contributed by atoms with Crippen LogP contribution in [0.15, 0.2) is 18.2 Å². The van der Waals surface area contributed by atoms with Crippen molar-refractivity contribution >= 4 is 17.9 Å². The highest BCUT2D eigenvalue weighted by molar-refractivity contribution is 6.32. The largest absolute Gasteiger partial charge is 0.298 e. The van der Waals surface area contributed by atoms with Gasteiger partial charge in [-0.25, -0.2) is 4.68 Å². The smallest absolute Gasteiger partial charge is 0.155 e. The van der Waals surface area contributed by atoms with E-state index in [4.69, 9.17) is 11.6 Å². The average Bonchev–Trinajstić information content (AvgIpc) is 2.65. The minimum absolute atomic E-state index is 0.392. The standard InChI is InChI=1S/C15H17ClN2O/c1-4-5-14-13(9-19)15(16)18(17-14)12-7-10(2)6-11(3)8-12/h6-9H,4-5H2,1-3H3. The molecule has 0 aliphatic carbocycles. The predicted octanol–water partition coefficient (Wildman–Crippen LogP) is 3.91. The van der Waals surface area contributed by atoms with E-state index >= 15 is 0 Å². The van der Waals surface area contributed by atoms with Crippen molar-refractivity contribution in [3.8, 4) is 5.69 Å². The highest BCUT2D eigenvalue weighted by Gasteiger charge is 2.16. The van der Waals surface area contributed by atoms with E-state index < -0.39 is 0 Å². The number of hydrogen-bond acceptors (Lipinski definition) is 2. The lowest BCUT2D eigenvalue weighted by Gasteiger charge is -2.06. The van der Waals surface area contributed by atoms with Crippen molar-refractivity contribution in [1.29, 1.82) is 0 Å². The molecule has 3 nitrogen and oxygen atoms in total. The number of carbonyl (C=O) groups excluding carboxylic acids is 1. The molecule has 0 bridgehead atoms. The Bertz CT molecular complexity index is 597. The molecule has 0 saturated heterocycles. The Morgan fingerprint density at radius 2 is 1.89 bits per heavy atom. The summed E-state index contributed by atoms with van der Waals surface area (Å²) in [5, 5.41) is 4.87. The van der Waals surface area contributed by atoms with Gasteiger partial charge in [0.05, 0.1) is 16.9 Å². The topological polar surface area (TPSA) is 34.9 Å². The maximum Gasteiger partial charge on any atom is 0.155 e. The lowest BCUT2D eigenvalue weighted by Crippen LogP contribution is -1.98. The summed E-state index contributed by atoms with van der Waals surface area (Å²) in [6.07, 6.45) is 2.48. The molecule has 19 heavy (non-hydrogen) atoms. The summed E-state index contributed by atoms with van der Waals surface area (Å²) in [6, 6.07) is 6.11. The van der Waals surface area contributed by atoms with Crippen LogP contribution < -0.4 is 0 Å². The van der Waals surface area contributed by atoms with Crippen LogP contribution in [0.1, 0.15) is 40.5 Å². The highest BCUT2D eigenvalue weighted by Crippen LogP contribution is 2.24. The number of aldehydes is 1. The third-order valence-electron chi connectivity index (χ3n) is 3.00. The van der Waals surface area contributed by atoms with E-state index in [9.17, 15) is 4.79 Å². The van der Waals surface area contributed by atoms with Gasteiger partial charge in [-0.1, -0.05) is 31.0 Å². The maximum absolute atomic E-state index is 11.2. The van der Waals surface area contributed by atoms with Crippen LogP contribution in [-0.4, -0.2) is 16.1 Å². The molecule has 0 N–H and O–H groups in total. The molecule has 0 radical (unpaired) electrons. The van der Waals surface area contributed by atoms with E-state index in [1.165, 1.54) is 0 Å². The van der Waals surface area contributed by atoms with E-state index in [1.807, 2.05) is 26.0 Å². The van der Waals surface area contributed by atoms with Crippen LogP contribution in [0.2, 0.25) is 5.15 Å². The molecule has 0 spiro atoms. The van der Waals surface area contributed by atoms with Gasteiger partial charge in [0.2, 0.25) is 0 Å². The van der Waals surface area contributed by atoms with Crippen molar-refractivity contribution in [2.75, 3.05) is 0 Å². The SMILES string of the molecule is CCCc1nn(-c2cc(C)cc(C)c2)c(Cl)c1C=O. The summed E-state index contributed by atoms with van der Waals surface area (Å²) in [5.74, 6) is 0. The van der Waals surface area contributed by atoms with Crippen molar-refractivity contribution in [1.82, 2.24) is 9.78 Å². The van der Waals surface area contributed by atoms with Gasteiger partial charge in [-0.15, -0.1) is 0 Å². The van der Waals surface area contributed by atoms with Crippen LogP contribution in [0.25, 0.3) is 5.69 Å². The zero-order valence-corrected chi connectivity index (χ0v) is 12.2. The molecule has 0 aliphatic heterocycles. The first kappa shape index (κ1) is 13.8. The van der Waals surface area contributed by atoms with Crippen LogP contribution in [0.5, 0.6) is 0 Å². The zero-order chi connectivity index (χ0) is 14.0. The number of rotatable bonds is 4. The highest BCUT2D eigenvalue weighted by atomic mass is 35.5. The van der Waals surface area contributed by atoms with Crippen molar-refractivity contribution in [3.63, 3.8) is 0 Å². The van der Waals surface area contributed by atoms with Gasteiger partial charge in [0.15, 0.2) is 6.29 Å². The average molecular weight is 277 g/mol. The van der Waals surface area contributed by atoms with Crippen molar-refractivity contribution < 1.29 is 4.79 Å². The van der Waals surface area contributed by atoms with Crippen LogP contribution in [0.4, 0.5) is 0 Å². The molecule has 1 aromatic heterocycles. The molecule has 2 rings (SSSR count). The number of hydrogen-bond donors (Lipinski definition) is 0. The van der Waals surface area contributed by atoms with E-state index in [2.05, 4.69) is 18.1 Å². The molecule has 0 aliphatic rings. The Morgan fingerprint density at radius 1 is 1.26 bits per heavy atom. The number of carbonyl (C=O) groups is 1. The first-order valence-electron chi connectivity index (χ1n) is 6.38. The summed E-state index contributed by atoms with van der Waals surface area (Å²) in [5.41, 5.74) is 4.45. The molecular weight excluding hydrogens is 260 g/mol. The molecule has 4 heteroatoms. The summed E-state index contributed by atoms with van der Waals surface area (Å²) in [7, 11) is 0. The fraction of sp³-hybridized carbons (Fsp3) is 0.333. The number of benzene rings is 1. The van der Waals surface area contributed by atoms with Gasteiger partial charge in [-0.3, -0.25) is 4.79 Å². The van der Waals surface area contributed by atoms with Gasteiger partial charge in [0, 0.05) is 0 Å². The fourth-order valence-electron chi connectivity index (χ4n) is 2.23. The lowest BCUT2D eigenvalue weighted by atomic mass is 10.1. The maximum atomic E-state index is 11.2. The van der Waals surface area contributed by atoms with E-state index in [0.29, 0.717) is 10.7 Å². The summed E-state index contributed by atoms with van der Waals surface area (Å²) < 4.78 is 1.65. The minimum Gasteiger partial charge on any atom is -0.298 e. The number of nitrogens with zero attached hydrogens (tertiary/aromatic N) is 2. The Hall–Kier alpha value is -1.61. The third-order valence-corrected chi connectivity index (χ3v) is 3.36. The van der Waals surface area contributed by atoms with Crippen LogP contribution in [0, 0.1) is 13.8 Å². The van der Waals surface area contributed by atoms with E-state index in [0.717, 1.165) is 41.6 Å². The Balaban J connectivity index is 2.58. The quantitative estimate of drug-likeness (QED) is 0.794. The predicted molar refractivity (Wildman–Crippen MR) is 77.4 cm³/mol. The van der Waals surface area contributed by atoms with Crippen molar-refractivity contribution in [3.05, 3.63) is 45.7 Å². The van der Waals surface area contributed by atoms with Gasteiger partial charge in [0.25, 0.3) is 0 Å². The zero-order valence-electron chi connectivity index (χ0n) is 11.4. The van der Waals surface area contributed by atoms with Gasteiger partial charge < -0.3 is 0 Å². The molecule has 0 fully saturated rings. The Labute approximate surface area is 118 Å². The van der Waals surface area contributed by atoms with Crippen molar-refractivity contribution in [2.24, 2.45) is 0 Å². The second-order valence-corrected chi connectivity index (χ2v) is 5.13. The lowest BCUT2D eigenvalue weighted by molar-refractivity contribution is 0.112. The van der Waals surface area contributed by atoms with Gasteiger partial charge in [0.1, 0.15) is 5.15 Å². The number of aromatic nitrogens is 2. The van der Waals surface area contributed by atoms with Crippen LogP contribution in [-0.2, 0) is 6.42 Å². The number of halogens is 1. The normalized spacial score (nSPS) is 10.7. The summed E-state index contributed by atoms with van der Waals surface area (Å²) in [6.45, 7) is 6.11. The minimum atomic E-state index is 0.392. The molecular formula is C15H17ClN2O. The summed E-state index contributed by atoms with van der Waals surface area (Å²) >= 11 is 6.27. The molecule has 1 heterocycles. The van der Waals surface area contributed by atoms with Gasteiger partial charge >= 0.3 is 0 Å². The van der Waals surface area contributed by atoms with Crippen LogP contribution >= 0.6 is 11.6 Å². The van der Waals surface area contributed by atoms with Crippen LogP contribution in [0.3, 0.4) is 0 Å². The van der Waals surface area contributed by atoms with Gasteiger partial charge in [-0.05, 0) is 43.5 Å². The van der Waals surface area contributed by atoms with Crippen molar-refractivity contribution in [2.45, 2.75) is 33.6 Å². The second-order valence-electron chi connectivity index (χ2n) is 4.78. The molecule has 0 saturated carbocycles. The number of aryl methyl sites for hydroxylation is 3. The Morgan fingerprint density at radius 3 is 2.42 bits per heavy atom. The van der Waals surface area contributed by atoms with E-state index in [-0.39, 0.29) is 0 Å². The molecule has 1 aromatic carbocycles. The fourth-order valence-corrected chi connectivity index (χ4v) is 2.52. The first-order valence-corrected chi connectivity index (χ1v) is 6.75. The molecule has 100 valence electrons. The molecule has 0 atom stereocenters. The first-order chi connectivity index (χ1) is 9.06. The van der Waals surface area contributed by atoms with Gasteiger partial charge in [-0.2, -0.15) is 5.10 Å². The third kappa shape index (κ3) is 2.71. The Kier molecular flexibility index (Phi) is 4.05. The second kappa shape index (κ2) is 5.57. The molecule has 0 amide bonds. The molecule has 2 aromatic rings. The van der Waals surface area contributed by atoms with E-state index in [1.54, 1.807) is 4.68 Å². The molecule has 0 unspecified atom stereocenters. The monoisotopic (exact) mass is 276 g/mol. The summed E-state index contributed by atoms with van der Waals surface area (Å²) in [4.78, 5) is 11.2.